The van der Waals surface area contributed by atoms with E-state index in [0.717, 1.165) is 25.1 Å². The van der Waals surface area contributed by atoms with Crippen LogP contribution in [0.5, 0.6) is 0 Å². The minimum Gasteiger partial charge on any atom is -0.456 e. The van der Waals surface area contributed by atoms with Crippen molar-refractivity contribution in [3.63, 3.8) is 0 Å². The highest BCUT2D eigenvalue weighted by molar-refractivity contribution is 5.91. The van der Waals surface area contributed by atoms with Crippen LogP contribution in [0.2, 0.25) is 0 Å². The molecule has 0 saturated carbocycles. The average Bonchev–Trinajstić information content (AvgIpc) is 3.18. The van der Waals surface area contributed by atoms with E-state index in [1.807, 2.05) is 6.07 Å². The van der Waals surface area contributed by atoms with E-state index in [0.29, 0.717) is 18.7 Å². The number of carbonyl (C=O) groups excluding carboxylic acids is 1. The predicted molar refractivity (Wildman–Crippen MR) is 130 cm³/mol. The third kappa shape index (κ3) is 5.80. The number of hydrogen-bond acceptors (Lipinski definition) is 5. The maximum Gasteiger partial charge on any atom is 0.286 e. The zero-order valence-corrected chi connectivity index (χ0v) is 20.3. The molecule has 0 spiro atoms. The molecule has 6 N–H and O–H groups in total. The lowest BCUT2D eigenvalue weighted by Gasteiger charge is -2.42. The van der Waals surface area contributed by atoms with Crippen LogP contribution < -0.4 is 22.1 Å². The topological polar surface area (TPSA) is 106 Å². The molecule has 6 heteroatoms. The van der Waals surface area contributed by atoms with Gasteiger partial charge in [-0.05, 0) is 84.4 Å². The minimum absolute atomic E-state index is 0.173. The summed E-state index contributed by atoms with van der Waals surface area (Å²) < 4.78 is 5.89. The fraction of sp³-hybridized carbons (Fsp3) is 0.577. The number of carbonyl (C=O) groups is 1. The molecule has 0 unspecified atom stereocenters. The fourth-order valence-electron chi connectivity index (χ4n) is 4.55. The fourth-order valence-corrected chi connectivity index (χ4v) is 4.55. The highest BCUT2D eigenvalue weighted by Gasteiger charge is 2.37. The second kappa shape index (κ2) is 9.77. The SMILES string of the molecule is Cc1cc2c(cc1Cc1ccc(C(=O)NCCCCNC(N)N)o1)C(C)(C)CCC2(C)C. The molecular formula is C26H40N4O2. The summed E-state index contributed by atoms with van der Waals surface area (Å²) in [5.41, 5.74) is 16.7. The average molecular weight is 441 g/mol. The zero-order valence-electron chi connectivity index (χ0n) is 20.3. The van der Waals surface area contributed by atoms with Crippen LogP contribution in [-0.4, -0.2) is 25.3 Å². The monoisotopic (exact) mass is 440 g/mol. The van der Waals surface area contributed by atoms with Crippen LogP contribution in [0, 0.1) is 6.92 Å². The molecular weight excluding hydrogens is 400 g/mol. The van der Waals surface area contributed by atoms with Gasteiger partial charge in [0, 0.05) is 13.0 Å². The Balaban J connectivity index is 1.64. The van der Waals surface area contributed by atoms with Crippen LogP contribution in [0.25, 0.3) is 0 Å². The first-order valence-electron chi connectivity index (χ1n) is 11.8. The van der Waals surface area contributed by atoms with Gasteiger partial charge in [-0.3, -0.25) is 10.1 Å². The smallest absolute Gasteiger partial charge is 0.286 e. The highest BCUT2D eigenvalue weighted by atomic mass is 16.3. The van der Waals surface area contributed by atoms with Crippen LogP contribution in [0.4, 0.5) is 0 Å². The number of nitrogens with two attached hydrogens (primary N) is 2. The number of furan rings is 1. The maximum atomic E-state index is 12.4. The molecule has 0 fully saturated rings. The summed E-state index contributed by atoms with van der Waals surface area (Å²) in [6.07, 6.45) is 4.32. The number of fused-ring (bicyclic) bond motifs is 1. The predicted octanol–water partition coefficient (Wildman–Crippen LogP) is 3.83. The number of amides is 1. The molecule has 6 nitrogen and oxygen atoms in total. The molecule has 1 aliphatic rings. The second-order valence-electron chi connectivity index (χ2n) is 10.5. The summed E-state index contributed by atoms with van der Waals surface area (Å²) >= 11 is 0. The summed E-state index contributed by atoms with van der Waals surface area (Å²) in [4.78, 5) is 12.4. The lowest BCUT2D eigenvalue weighted by molar-refractivity contribution is 0.0923. The van der Waals surface area contributed by atoms with Gasteiger partial charge in [0.25, 0.3) is 5.91 Å². The van der Waals surface area contributed by atoms with Crippen molar-refractivity contribution in [1.29, 1.82) is 0 Å². The standard InChI is InChI=1S/C26H40N4O2/c1-17-14-20-21(26(4,5)11-10-25(20,2)3)16-18(17)15-19-8-9-22(32-19)23(31)29-12-6-7-13-30-24(27)28/h8-9,14,16,24,30H,6-7,10-13,15,27-28H2,1-5H3,(H,29,31). The molecule has 3 rings (SSSR count). The van der Waals surface area contributed by atoms with E-state index in [2.05, 4.69) is 57.4 Å². The van der Waals surface area contributed by atoms with Crippen molar-refractivity contribution in [2.24, 2.45) is 11.5 Å². The van der Waals surface area contributed by atoms with Gasteiger partial charge < -0.3 is 21.2 Å². The van der Waals surface area contributed by atoms with Gasteiger partial charge in [-0.15, -0.1) is 0 Å². The van der Waals surface area contributed by atoms with E-state index in [1.54, 1.807) is 6.07 Å². The third-order valence-corrected chi connectivity index (χ3v) is 6.83. The van der Waals surface area contributed by atoms with Gasteiger partial charge in [0.05, 0.1) is 0 Å². The third-order valence-electron chi connectivity index (χ3n) is 6.83. The summed E-state index contributed by atoms with van der Waals surface area (Å²) in [6, 6.07) is 8.42. The van der Waals surface area contributed by atoms with Gasteiger partial charge in [-0.1, -0.05) is 39.8 Å². The molecule has 1 aliphatic carbocycles. The van der Waals surface area contributed by atoms with Gasteiger partial charge in [-0.2, -0.15) is 0 Å². The van der Waals surface area contributed by atoms with Crippen LogP contribution in [0.15, 0.2) is 28.7 Å². The first kappa shape index (κ1) is 24.5. The van der Waals surface area contributed by atoms with E-state index in [9.17, 15) is 4.79 Å². The molecule has 176 valence electrons. The summed E-state index contributed by atoms with van der Waals surface area (Å²) in [5, 5.41) is 5.86. The Hall–Kier alpha value is -2.15. The van der Waals surface area contributed by atoms with Crippen molar-refractivity contribution in [2.75, 3.05) is 13.1 Å². The Labute approximate surface area is 192 Å². The van der Waals surface area contributed by atoms with E-state index < -0.39 is 6.29 Å². The minimum atomic E-state index is -0.498. The Morgan fingerprint density at radius 1 is 1.03 bits per heavy atom. The van der Waals surface area contributed by atoms with E-state index >= 15 is 0 Å². The summed E-state index contributed by atoms with van der Waals surface area (Å²) in [7, 11) is 0. The van der Waals surface area contributed by atoms with Crippen LogP contribution >= 0.6 is 0 Å². The zero-order chi connectivity index (χ0) is 23.5. The van der Waals surface area contributed by atoms with Crippen molar-refractivity contribution < 1.29 is 9.21 Å². The number of unbranched alkanes of at least 4 members (excludes halogenated alkanes) is 1. The molecule has 0 saturated heterocycles. The highest BCUT2D eigenvalue weighted by Crippen LogP contribution is 2.46. The first-order valence-corrected chi connectivity index (χ1v) is 11.8. The van der Waals surface area contributed by atoms with Crippen molar-refractivity contribution in [3.05, 3.63) is 58.0 Å². The van der Waals surface area contributed by atoms with Gasteiger partial charge >= 0.3 is 0 Å². The lowest BCUT2D eigenvalue weighted by Crippen LogP contribution is -2.45. The number of aryl methyl sites for hydroxylation is 1. The molecule has 0 radical (unpaired) electrons. The van der Waals surface area contributed by atoms with Gasteiger partial charge in [-0.25, -0.2) is 0 Å². The summed E-state index contributed by atoms with van der Waals surface area (Å²) in [6.45, 7) is 12.9. The van der Waals surface area contributed by atoms with E-state index in [4.69, 9.17) is 15.9 Å². The van der Waals surface area contributed by atoms with Gasteiger partial charge in [0.15, 0.2) is 5.76 Å². The van der Waals surface area contributed by atoms with Crippen molar-refractivity contribution in [1.82, 2.24) is 10.6 Å². The first-order chi connectivity index (χ1) is 15.0. The van der Waals surface area contributed by atoms with Crippen LogP contribution in [0.1, 0.15) is 91.9 Å². The Bertz CT molecular complexity index is 943. The summed E-state index contributed by atoms with van der Waals surface area (Å²) in [5.74, 6) is 0.996. The Kier molecular flexibility index (Phi) is 7.48. The molecule has 1 amide bonds. The Morgan fingerprint density at radius 3 is 2.31 bits per heavy atom. The van der Waals surface area contributed by atoms with Crippen molar-refractivity contribution in [3.8, 4) is 0 Å². The number of hydrogen-bond donors (Lipinski definition) is 4. The van der Waals surface area contributed by atoms with Crippen molar-refractivity contribution in [2.45, 2.75) is 83.8 Å². The van der Waals surface area contributed by atoms with E-state index in [-0.39, 0.29) is 16.7 Å². The van der Waals surface area contributed by atoms with E-state index in [1.165, 1.54) is 35.1 Å². The molecule has 1 aromatic heterocycles. The molecule has 1 heterocycles. The molecule has 0 bridgehead atoms. The van der Waals surface area contributed by atoms with Crippen molar-refractivity contribution >= 4 is 5.91 Å². The Morgan fingerprint density at radius 2 is 1.66 bits per heavy atom. The normalized spacial score (nSPS) is 16.8. The maximum absolute atomic E-state index is 12.4. The molecule has 1 aromatic carbocycles. The van der Waals surface area contributed by atoms with Crippen LogP contribution in [-0.2, 0) is 17.3 Å². The van der Waals surface area contributed by atoms with Crippen LogP contribution in [0.3, 0.4) is 0 Å². The second-order valence-corrected chi connectivity index (χ2v) is 10.5. The number of nitrogens with one attached hydrogen (secondary N) is 2. The molecule has 0 atom stereocenters. The number of benzene rings is 1. The lowest BCUT2D eigenvalue weighted by atomic mass is 9.62. The van der Waals surface area contributed by atoms with Gasteiger partial charge in [0.1, 0.15) is 12.0 Å². The number of rotatable bonds is 9. The largest absolute Gasteiger partial charge is 0.456 e. The van der Waals surface area contributed by atoms with Gasteiger partial charge in [0.2, 0.25) is 0 Å². The molecule has 2 aromatic rings. The quantitative estimate of drug-likeness (QED) is 0.350. The molecule has 32 heavy (non-hydrogen) atoms. The molecule has 0 aliphatic heterocycles.